The van der Waals surface area contributed by atoms with Crippen molar-refractivity contribution in [3.63, 3.8) is 0 Å². The van der Waals surface area contributed by atoms with Crippen LogP contribution in [0.25, 0.3) is 0 Å². The fourth-order valence-electron chi connectivity index (χ4n) is 5.04. The van der Waals surface area contributed by atoms with E-state index >= 15 is 4.39 Å². The number of nitrogens with zero attached hydrogens (tertiary/aromatic N) is 5. The highest BCUT2D eigenvalue weighted by atomic mass is 35.5. The van der Waals surface area contributed by atoms with Crippen molar-refractivity contribution in [3.8, 4) is 0 Å². The number of rotatable bonds is 8. The number of allylic oxidation sites excluding steroid dienone is 2. The van der Waals surface area contributed by atoms with Gasteiger partial charge >= 0.3 is 0 Å². The molecule has 1 N–H and O–H groups in total. The molecule has 2 aromatic heterocycles. The van der Waals surface area contributed by atoms with Crippen molar-refractivity contribution in [2.24, 2.45) is 5.92 Å². The minimum atomic E-state index is -4.02. The first-order valence-corrected chi connectivity index (χ1v) is 14.7. The highest BCUT2D eigenvalue weighted by Crippen LogP contribution is 2.38. The molecule has 3 heterocycles. The fourth-order valence-corrected chi connectivity index (χ4v) is 6.57. The van der Waals surface area contributed by atoms with Crippen molar-refractivity contribution in [3.05, 3.63) is 64.9 Å². The van der Waals surface area contributed by atoms with Crippen molar-refractivity contribution in [1.82, 2.24) is 19.8 Å². The van der Waals surface area contributed by atoms with E-state index in [1.165, 1.54) is 18.5 Å². The van der Waals surface area contributed by atoms with Gasteiger partial charge in [0.1, 0.15) is 16.5 Å². The second-order valence-corrected chi connectivity index (χ2v) is 12.5. The van der Waals surface area contributed by atoms with Crippen LogP contribution in [0.15, 0.2) is 59.0 Å². The summed E-state index contributed by atoms with van der Waals surface area (Å²) in [5.41, 5.74) is 1.72. The molecular weight excluding hydrogens is 527 g/mol. The lowest BCUT2D eigenvalue weighted by molar-refractivity contribution is 0.115. The molecule has 2 aromatic rings. The number of nitrogens with one attached hydrogen (secondary N) is 1. The predicted octanol–water partition coefficient (Wildman–Crippen LogP) is 4.54. The van der Waals surface area contributed by atoms with E-state index in [0.29, 0.717) is 18.3 Å². The molecule has 1 aliphatic heterocycles. The summed E-state index contributed by atoms with van der Waals surface area (Å²) in [6, 6.07) is 5.02. The minimum absolute atomic E-state index is 0.0488. The lowest BCUT2D eigenvalue weighted by atomic mass is 9.83. The molecule has 0 bridgehead atoms. The topological polar surface area (TPSA) is 81.7 Å². The summed E-state index contributed by atoms with van der Waals surface area (Å²) < 4.78 is 44.5. The molecule has 1 fully saturated rings. The molecule has 1 saturated heterocycles. The Labute approximate surface area is 230 Å². The SMILES string of the molecule is CC1C=C(CN2CCN(C(C)C)CC2)C=C(F)C1c1cc(NS(=O)(=O)c2cc(Cl)cnc2N(C)C)ccn1. The maximum absolute atomic E-state index is 15.5. The molecule has 11 heteroatoms. The molecule has 1 aliphatic carbocycles. The van der Waals surface area contributed by atoms with Crippen molar-refractivity contribution >= 4 is 33.1 Å². The van der Waals surface area contributed by atoms with Gasteiger partial charge in [0.05, 0.1) is 22.3 Å². The van der Waals surface area contributed by atoms with Crippen LogP contribution in [0.1, 0.15) is 32.4 Å². The van der Waals surface area contributed by atoms with Crippen LogP contribution < -0.4 is 9.62 Å². The summed E-state index contributed by atoms with van der Waals surface area (Å²) in [5, 5.41) is 0.207. The van der Waals surface area contributed by atoms with Crippen molar-refractivity contribution in [1.29, 1.82) is 0 Å². The minimum Gasteiger partial charge on any atom is -0.362 e. The third-order valence-electron chi connectivity index (χ3n) is 7.03. The Kier molecular flexibility index (Phi) is 8.76. The van der Waals surface area contributed by atoms with E-state index in [1.807, 2.05) is 6.92 Å². The van der Waals surface area contributed by atoms with E-state index in [4.69, 9.17) is 11.6 Å². The van der Waals surface area contributed by atoms with Crippen LogP contribution >= 0.6 is 11.6 Å². The summed E-state index contributed by atoms with van der Waals surface area (Å²) in [7, 11) is -0.614. The molecule has 0 amide bonds. The fraction of sp³-hybridized carbons (Fsp3) is 0.481. The van der Waals surface area contributed by atoms with Crippen LogP contribution in [-0.4, -0.2) is 81.0 Å². The van der Waals surface area contributed by atoms with E-state index in [-0.39, 0.29) is 33.2 Å². The Morgan fingerprint density at radius 2 is 1.89 bits per heavy atom. The van der Waals surface area contributed by atoms with Crippen LogP contribution in [0.4, 0.5) is 15.9 Å². The van der Waals surface area contributed by atoms with E-state index in [1.54, 1.807) is 37.2 Å². The lowest BCUT2D eigenvalue weighted by Crippen LogP contribution is -2.49. The number of piperazine rings is 1. The zero-order valence-electron chi connectivity index (χ0n) is 22.5. The quantitative estimate of drug-likeness (QED) is 0.506. The van der Waals surface area contributed by atoms with Gasteiger partial charge < -0.3 is 4.90 Å². The highest BCUT2D eigenvalue weighted by molar-refractivity contribution is 7.92. The van der Waals surface area contributed by atoms with Gasteiger partial charge in [-0.15, -0.1) is 0 Å². The third kappa shape index (κ3) is 6.54. The largest absolute Gasteiger partial charge is 0.362 e. The maximum atomic E-state index is 15.5. The first-order valence-electron chi connectivity index (χ1n) is 12.8. The van der Waals surface area contributed by atoms with E-state index < -0.39 is 15.9 Å². The molecule has 206 valence electrons. The number of halogens is 2. The summed E-state index contributed by atoms with van der Waals surface area (Å²) in [4.78, 5) is 14.9. The number of hydrogen-bond donors (Lipinski definition) is 1. The smallest absolute Gasteiger partial charge is 0.265 e. The molecule has 0 spiro atoms. The molecule has 2 atom stereocenters. The molecule has 38 heavy (non-hydrogen) atoms. The highest BCUT2D eigenvalue weighted by Gasteiger charge is 2.30. The number of hydrogen-bond acceptors (Lipinski definition) is 7. The first kappa shape index (κ1) is 28.5. The van der Waals surface area contributed by atoms with Gasteiger partial charge in [-0.25, -0.2) is 17.8 Å². The Hall–Kier alpha value is -2.53. The Morgan fingerprint density at radius 3 is 2.53 bits per heavy atom. The average molecular weight is 563 g/mol. The number of pyridine rings is 2. The lowest BCUT2D eigenvalue weighted by Gasteiger charge is -2.37. The molecule has 4 rings (SSSR count). The number of anilines is 2. The molecule has 2 unspecified atom stereocenters. The number of aromatic nitrogens is 2. The zero-order chi connectivity index (χ0) is 27.6. The molecule has 0 radical (unpaired) electrons. The summed E-state index contributed by atoms with van der Waals surface area (Å²) >= 11 is 6.04. The Bertz CT molecular complexity index is 1320. The zero-order valence-corrected chi connectivity index (χ0v) is 24.1. The molecule has 2 aliphatic rings. The monoisotopic (exact) mass is 562 g/mol. The summed E-state index contributed by atoms with van der Waals surface area (Å²) in [5.74, 6) is -0.735. The average Bonchev–Trinajstić information content (AvgIpc) is 2.83. The van der Waals surface area contributed by atoms with E-state index in [9.17, 15) is 8.42 Å². The maximum Gasteiger partial charge on any atom is 0.265 e. The van der Waals surface area contributed by atoms with Crippen LogP contribution in [0, 0.1) is 5.92 Å². The van der Waals surface area contributed by atoms with Gasteiger partial charge in [-0.3, -0.25) is 19.5 Å². The van der Waals surface area contributed by atoms with Gasteiger partial charge in [-0.2, -0.15) is 0 Å². The van der Waals surface area contributed by atoms with Gasteiger partial charge in [0.25, 0.3) is 10.0 Å². The first-order chi connectivity index (χ1) is 17.9. The Morgan fingerprint density at radius 1 is 1.18 bits per heavy atom. The van der Waals surface area contributed by atoms with Crippen LogP contribution in [0.3, 0.4) is 0 Å². The van der Waals surface area contributed by atoms with E-state index in [2.05, 4.69) is 44.4 Å². The molecule has 0 saturated carbocycles. The van der Waals surface area contributed by atoms with Gasteiger partial charge in [-0.05, 0) is 49.6 Å². The van der Waals surface area contributed by atoms with Crippen LogP contribution in [-0.2, 0) is 10.0 Å². The molecule has 8 nitrogen and oxygen atoms in total. The van der Waals surface area contributed by atoms with Gasteiger partial charge in [0, 0.05) is 65.3 Å². The second kappa shape index (κ2) is 11.7. The summed E-state index contributed by atoms with van der Waals surface area (Å²) in [6.45, 7) is 11.1. The van der Waals surface area contributed by atoms with Crippen molar-refractivity contribution < 1.29 is 12.8 Å². The van der Waals surface area contributed by atoms with Gasteiger partial charge in [0.2, 0.25) is 0 Å². The Balaban J connectivity index is 1.49. The predicted molar refractivity (Wildman–Crippen MR) is 151 cm³/mol. The van der Waals surface area contributed by atoms with Crippen molar-refractivity contribution in [2.45, 2.75) is 37.6 Å². The molecular formula is C27H36ClFN6O2S. The summed E-state index contributed by atoms with van der Waals surface area (Å²) in [6.07, 6.45) is 6.60. The third-order valence-corrected chi connectivity index (χ3v) is 8.62. The van der Waals surface area contributed by atoms with Gasteiger partial charge in [0.15, 0.2) is 0 Å². The van der Waals surface area contributed by atoms with E-state index in [0.717, 1.165) is 31.8 Å². The van der Waals surface area contributed by atoms with Crippen LogP contribution in [0.2, 0.25) is 5.02 Å². The number of sulfonamides is 1. The standard InChI is InChI=1S/C27H36ClFN6O2S/c1-18(2)35-10-8-34(9-11-35)17-20-12-19(3)26(23(29)13-20)24-15-22(6-7-30-24)32-38(36,37)25-14-21(28)16-31-27(25)33(4)5/h6-7,12-16,18-19,26H,8-11,17H2,1-5H3,(H,30,32). The van der Waals surface area contributed by atoms with Crippen LogP contribution in [0.5, 0.6) is 0 Å². The normalized spacial score (nSPS) is 21.3. The molecule has 0 aromatic carbocycles. The van der Waals surface area contributed by atoms with Crippen molar-refractivity contribution in [2.75, 3.05) is 56.4 Å². The van der Waals surface area contributed by atoms with Gasteiger partial charge in [-0.1, -0.05) is 24.6 Å². The second-order valence-electron chi connectivity index (χ2n) is 10.5.